The first-order valence-electron chi connectivity index (χ1n) is 4.99. The standard InChI is InChI=1S/C15H12/c1-2-8-13-11-6-7-12-15(13)14-9-4-3-5-10-14/h3-7,9-12H,1H3. The first-order chi connectivity index (χ1) is 7.42. The molecule has 15 heavy (non-hydrogen) atoms. The van der Waals surface area contributed by atoms with E-state index in [1.165, 1.54) is 11.1 Å². The summed E-state index contributed by atoms with van der Waals surface area (Å²) in [4.78, 5) is 0. The van der Waals surface area contributed by atoms with Gasteiger partial charge in [0.25, 0.3) is 0 Å². The number of hydrogen-bond acceptors (Lipinski definition) is 0. The summed E-state index contributed by atoms with van der Waals surface area (Å²) in [6.45, 7) is 1.86. The molecule has 0 heterocycles. The highest BCUT2D eigenvalue weighted by Crippen LogP contribution is 2.22. The Morgan fingerprint density at radius 1 is 0.800 bits per heavy atom. The number of hydrogen-bond donors (Lipinski definition) is 0. The van der Waals surface area contributed by atoms with Gasteiger partial charge in [-0.15, -0.1) is 5.92 Å². The maximum Gasteiger partial charge on any atom is 0.0323 e. The van der Waals surface area contributed by atoms with Crippen molar-refractivity contribution in [1.82, 2.24) is 0 Å². The zero-order chi connectivity index (χ0) is 10.5. The Bertz CT molecular complexity index is 498. The molecule has 0 heteroatoms. The van der Waals surface area contributed by atoms with Gasteiger partial charge in [-0.3, -0.25) is 0 Å². The third kappa shape index (κ3) is 2.08. The highest BCUT2D eigenvalue weighted by atomic mass is 14.0. The molecular weight excluding hydrogens is 180 g/mol. The molecule has 0 radical (unpaired) electrons. The smallest absolute Gasteiger partial charge is 0.0323 e. The molecule has 0 aliphatic rings. The van der Waals surface area contributed by atoms with Crippen LogP contribution >= 0.6 is 0 Å². The van der Waals surface area contributed by atoms with Crippen LogP contribution in [0.4, 0.5) is 0 Å². The lowest BCUT2D eigenvalue weighted by molar-refractivity contribution is 1.58. The van der Waals surface area contributed by atoms with E-state index in [9.17, 15) is 0 Å². The van der Waals surface area contributed by atoms with Crippen LogP contribution in [-0.4, -0.2) is 0 Å². The monoisotopic (exact) mass is 192 g/mol. The Morgan fingerprint density at radius 3 is 2.20 bits per heavy atom. The predicted molar refractivity (Wildman–Crippen MR) is 64.4 cm³/mol. The van der Waals surface area contributed by atoms with Gasteiger partial charge in [-0.05, 0) is 24.1 Å². The normalized spacial score (nSPS) is 9.13. The molecule has 0 fully saturated rings. The van der Waals surface area contributed by atoms with Crippen molar-refractivity contribution in [3.63, 3.8) is 0 Å². The van der Waals surface area contributed by atoms with Crippen LogP contribution in [0.1, 0.15) is 12.5 Å². The van der Waals surface area contributed by atoms with E-state index in [2.05, 4.69) is 36.1 Å². The second kappa shape index (κ2) is 4.48. The third-order valence-corrected chi connectivity index (χ3v) is 2.27. The molecule has 0 nitrogen and oxygen atoms in total. The Morgan fingerprint density at radius 2 is 1.47 bits per heavy atom. The Hall–Kier alpha value is -2.00. The average Bonchev–Trinajstić information content (AvgIpc) is 2.31. The van der Waals surface area contributed by atoms with Gasteiger partial charge in [-0.1, -0.05) is 54.5 Å². The maximum absolute atomic E-state index is 3.12. The summed E-state index contributed by atoms with van der Waals surface area (Å²) in [6.07, 6.45) is 0. The quantitative estimate of drug-likeness (QED) is 0.604. The van der Waals surface area contributed by atoms with E-state index in [-0.39, 0.29) is 0 Å². The Labute approximate surface area is 90.6 Å². The highest BCUT2D eigenvalue weighted by Gasteiger charge is 2.00. The minimum atomic E-state index is 1.09. The molecule has 0 amide bonds. The molecule has 2 aromatic carbocycles. The lowest BCUT2D eigenvalue weighted by atomic mass is 10.0. The van der Waals surface area contributed by atoms with Crippen molar-refractivity contribution in [3.8, 4) is 23.0 Å². The minimum Gasteiger partial charge on any atom is -0.101 e. The van der Waals surface area contributed by atoms with Crippen molar-refractivity contribution in [3.05, 3.63) is 60.2 Å². The number of benzene rings is 2. The van der Waals surface area contributed by atoms with Crippen LogP contribution in [0, 0.1) is 11.8 Å². The molecule has 0 saturated heterocycles. The fourth-order valence-electron chi connectivity index (χ4n) is 1.60. The summed E-state index contributed by atoms with van der Waals surface area (Å²) in [5.74, 6) is 6.07. The number of rotatable bonds is 1. The van der Waals surface area contributed by atoms with Crippen molar-refractivity contribution in [2.24, 2.45) is 0 Å². The lowest BCUT2D eigenvalue weighted by Crippen LogP contribution is -1.82. The molecule has 0 aliphatic carbocycles. The first kappa shape index (κ1) is 9.55. The second-order valence-corrected chi connectivity index (χ2v) is 3.29. The van der Waals surface area contributed by atoms with E-state index < -0.39 is 0 Å². The second-order valence-electron chi connectivity index (χ2n) is 3.29. The molecule has 0 aliphatic heterocycles. The van der Waals surface area contributed by atoms with Crippen molar-refractivity contribution in [2.75, 3.05) is 0 Å². The largest absolute Gasteiger partial charge is 0.101 e. The molecule has 0 N–H and O–H groups in total. The Kier molecular flexibility index (Phi) is 2.85. The molecule has 72 valence electrons. The highest BCUT2D eigenvalue weighted by molar-refractivity contribution is 5.70. The Balaban J connectivity index is 2.56. The van der Waals surface area contributed by atoms with Crippen LogP contribution in [0.2, 0.25) is 0 Å². The lowest BCUT2D eigenvalue weighted by Gasteiger charge is -2.03. The maximum atomic E-state index is 3.12. The van der Waals surface area contributed by atoms with Crippen LogP contribution < -0.4 is 0 Å². The van der Waals surface area contributed by atoms with Crippen LogP contribution in [0.15, 0.2) is 54.6 Å². The van der Waals surface area contributed by atoms with Crippen molar-refractivity contribution >= 4 is 0 Å². The van der Waals surface area contributed by atoms with Gasteiger partial charge in [-0.2, -0.15) is 0 Å². The zero-order valence-corrected chi connectivity index (χ0v) is 8.70. The summed E-state index contributed by atoms with van der Waals surface area (Å²) in [5.41, 5.74) is 3.51. The molecule has 0 bridgehead atoms. The first-order valence-corrected chi connectivity index (χ1v) is 4.99. The summed E-state index contributed by atoms with van der Waals surface area (Å²) in [5, 5.41) is 0. The summed E-state index contributed by atoms with van der Waals surface area (Å²) >= 11 is 0. The van der Waals surface area contributed by atoms with E-state index in [4.69, 9.17) is 0 Å². The molecule has 0 saturated carbocycles. The molecule has 0 unspecified atom stereocenters. The van der Waals surface area contributed by atoms with Gasteiger partial charge in [0, 0.05) is 5.56 Å². The topological polar surface area (TPSA) is 0 Å². The van der Waals surface area contributed by atoms with E-state index in [0.717, 1.165) is 5.56 Å². The van der Waals surface area contributed by atoms with Crippen molar-refractivity contribution in [1.29, 1.82) is 0 Å². The van der Waals surface area contributed by atoms with Gasteiger partial charge < -0.3 is 0 Å². The fraction of sp³-hybridized carbons (Fsp3) is 0.0667. The molecule has 0 spiro atoms. The van der Waals surface area contributed by atoms with Crippen LogP contribution in [0.5, 0.6) is 0 Å². The summed E-state index contributed by atoms with van der Waals surface area (Å²) < 4.78 is 0. The molecule has 2 aromatic rings. The predicted octanol–water partition coefficient (Wildman–Crippen LogP) is 3.73. The van der Waals surface area contributed by atoms with Gasteiger partial charge >= 0.3 is 0 Å². The van der Waals surface area contributed by atoms with Gasteiger partial charge in [0.15, 0.2) is 0 Å². The zero-order valence-electron chi connectivity index (χ0n) is 8.70. The SMILES string of the molecule is CC#Cc1ccccc1-c1ccccc1. The minimum absolute atomic E-state index is 1.09. The van der Waals surface area contributed by atoms with E-state index >= 15 is 0 Å². The van der Waals surface area contributed by atoms with Gasteiger partial charge in [-0.25, -0.2) is 0 Å². The third-order valence-electron chi connectivity index (χ3n) is 2.27. The van der Waals surface area contributed by atoms with Crippen LogP contribution in [0.3, 0.4) is 0 Å². The molecular formula is C15H12. The van der Waals surface area contributed by atoms with Crippen molar-refractivity contribution in [2.45, 2.75) is 6.92 Å². The van der Waals surface area contributed by atoms with E-state index in [1.54, 1.807) is 0 Å². The van der Waals surface area contributed by atoms with Crippen molar-refractivity contribution < 1.29 is 0 Å². The van der Waals surface area contributed by atoms with E-state index in [0.29, 0.717) is 0 Å². The van der Waals surface area contributed by atoms with E-state index in [1.807, 2.05) is 37.3 Å². The fourth-order valence-corrected chi connectivity index (χ4v) is 1.60. The van der Waals surface area contributed by atoms with Crippen LogP contribution in [0.25, 0.3) is 11.1 Å². The summed E-state index contributed by atoms with van der Waals surface area (Å²) in [6, 6.07) is 18.6. The summed E-state index contributed by atoms with van der Waals surface area (Å²) in [7, 11) is 0. The molecule has 2 rings (SSSR count). The average molecular weight is 192 g/mol. The molecule has 0 aromatic heterocycles. The van der Waals surface area contributed by atoms with Gasteiger partial charge in [0.1, 0.15) is 0 Å². The van der Waals surface area contributed by atoms with Gasteiger partial charge in [0.2, 0.25) is 0 Å². The molecule has 0 atom stereocenters. The van der Waals surface area contributed by atoms with Gasteiger partial charge in [0.05, 0.1) is 0 Å². The van der Waals surface area contributed by atoms with Crippen LogP contribution in [-0.2, 0) is 0 Å².